The van der Waals surface area contributed by atoms with Crippen LogP contribution in [0.3, 0.4) is 0 Å². The Bertz CT molecular complexity index is 1150. The standard InChI is InChI=1S/C23H18N2O2/c24-22-17-13-20(15-9-5-2-6-10-15)27-23(17)25-18-11-16(12-19(26)21(18)22)14-7-3-1-4-8-14/h1-10,13,16H,11-12H2,(H2,24,25)/t16-/m1/s1. The van der Waals surface area contributed by atoms with Gasteiger partial charge in [-0.25, -0.2) is 4.98 Å². The molecule has 0 saturated carbocycles. The van der Waals surface area contributed by atoms with Crippen LogP contribution in [-0.4, -0.2) is 10.8 Å². The van der Waals surface area contributed by atoms with Crippen LogP contribution < -0.4 is 5.73 Å². The topological polar surface area (TPSA) is 69.1 Å². The molecule has 4 aromatic rings. The van der Waals surface area contributed by atoms with Gasteiger partial charge in [0.25, 0.3) is 0 Å². The molecular formula is C23H18N2O2. The Kier molecular flexibility index (Phi) is 3.57. The highest BCUT2D eigenvalue weighted by molar-refractivity contribution is 6.09. The van der Waals surface area contributed by atoms with Crippen LogP contribution in [0.15, 0.2) is 71.1 Å². The van der Waals surface area contributed by atoms with Crippen molar-refractivity contribution in [3.63, 3.8) is 0 Å². The van der Waals surface area contributed by atoms with Gasteiger partial charge in [-0.05, 0) is 24.0 Å². The summed E-state index contributed by atoms with van der Waals surface area (Å²) in [5.41, 5.74) is 10.8. The van der Waals surface area contributed by atoms with Crippen LogP contribution in [0.1, 0.15) is 34.0 Å². The Morgan fingerprint density at radius 2 is 1.67 bits per heavy atom. The largest absolute Gasteiger partial charge is 0.438 e. The third-order valence-electron chi connectivity index (χ3n) is 5.28. The third-order valence-corrected chi connectivity index (χ3v) is 5.28. The van der Waals surface area contributed by atoms with Crippen LogP contribution in [0.2, 0.25) is 0 Å². The number of furan rings is 1. The van der Waals surface area contributed by atoms with E-state index in [0.717, 1.165) is 16.8 Å². The number of nitrogen functional groups attached to an aromatic ring is 1. The molecule has 0 radical (unpaired) electrons. The van der Waals surface area contributed by atoms with E-state index >= 15 is 0 Å². The summed E-state index contributed by atoms with van der Waals surface area (Å²) in [5, 5.41) is 0.708. The summed E-state index contributed by atoms with van der Waals surface area (Å²) in [6, 6.07) is 21.8. The van der Waals surface area contributed by atoms with E-state index in [1.807, 2.05) is 54.6 Å². The highest BCUT2D eigenvalue weighted by Gasteiger charge is 2.31. The molecule has 0 bridgehead atoms. The van der Waals surface area contributed by atoms with Crippen LogP contribution in [-0.2, 0) is 6.42 Å². The number of aromatic nitrogens is 1. The summed E-state index contributed by atoms with van der Waals surface area (Å²) in [6.07, 6.45) is 1.14. The van der Waals surface area contributed by atoms with E-state index in [0.29, 0.717) is 41.0 Å². The number of nitrogens with two attached hydrogens (primary N) is 1. The van der Waals surface area contributed by atoms with Gasteiger partial charge in [0.05, 0.1) is 22.3 Å². The lowest BCUT2D eigenvalue weighted by molar-refractivity contribution is 0.0964. The number of anilines is 1. The van der Waals surface area contributed by atoms with Crippen molar-refractivity contribution in [2.24, 2.45) is 0 Å². The second kappa shape index (κ2) is 6.09. The zero-order chi connectivity index (χ0) is 18.4. The van der Waals surface area contributed by atoms with Crippen molar-refractivity contribution in [1.82, 2.24) is 4.98 Å². The molecule has 4 heteroatoms. The van der Waals surface area contributed by atoms with Gasteiger partial charge in [-0.3, -0.25) is 4.79 Å². The maximum absolute atomic E-state index is 12.9. The fourth-order valence-corrected chi connectivity index (χ4v) is 3.92. The van der Waals surface area contributed by atoms with Gasteiger partial charge in [-0.1, -0.05) is 60.7 Å². The predicted octanol–water partition coefficient (Wildman–Crippen LogP) is 4.99. The predicted molar refractivity (Wildman–Crippen MR) is 106 cm³/mol. The van der Waals surface area contributed by atoms with Crippen molar-refractivity contribution in [3.05, 3.63) is 83.6 Å². The van der Waals surface area contributed by atoms with Gasteiger partial charge in [0.2, 0.25) is 5.71 Å². The molecule has 0 spiro atoms. The smallest absolute Gasteiger partial charge is 0.229 e. The molecule has 2 aromatic heterocycles. The highest BCUT2D eigenvalue weighted by Crippen LogP contribution is 2.39. The maximum Gasteiger partial charge on any atom is 0.229 e. The minimum atomic E-state index is 0.0551. The van der Waals surface area contributed by atoms with E-state index in [4.69, 9.17) is 10.2 Å². The molecule has 2 heterocycles. The van der Waals surface area contributed by atoms with Gasteiger partial charge in [-0.15, -0.1) is 0 Å². The quantitative estimate of drug-likeness (QED) is 0.550. The average molecular weight is 354 g/mol. The number of rotatable bonds is 2. The Labute approximate surface area is 156 Å². The number of hydrogen-bond donors (Lipinski definition) is 1. The van der Waals surface area contributed by atoms with E-state index in [9.17, 15) is 4.79 Å². The molecule has 5 rings (SSSR count). The Morgan fingerprint density at radius 1 is 0.963 bits per heavy atom. The summed E-state index contributed by atoms with van der Waals surface area (Å²) in [6.45, 7) is 0. The van der Waals surface area contributed by atoms with Gasteiger partial charge in [0.15, 0.2) is 5.78 Å². The summed E-state index contributed by atoms with van der Waals surface area (Å²) < 4.78 is 5.97. The van der Waals surface area contributed by atoms with Crippen LogP contribution >= 0.6 is 0 Å². The average Bonchev–Trinajstić information content (AvgIpc) is 3.13. The number of ketones is 1. The van der Waals surface area contributed by atoms with Crippen molar-refractivity contribution in [1.29, 1.82) is 0 Å². The van der Waals surface area contributed by atoms with Gasteiger partial charge in [-0.2, -0.15) is 0 Å². The van der Waals surface area contributed by atoms with Crippen LogP contribution in [0, 0.1) is 0 Å². The van der Waals surface area contributed by atoms with E-state index in [1.165, 1.54) is 0 Å². The Balaban J connectivity index is 1.62. The van der Waals surface area contributed by atoms with Gasteiger partial charge >= 0.3 is 0 Å². The van der Waals surface area contributed by atoms with E-state index in [1.54, 1.807) is 0 Å². The van der Waals surface area contributed by atoms with Crippen molar-refractivity contribution in [2.75, 3.05) is 5.73 Å². The fraction of sp³-hybridized carbons (Fsp3) is 0.130. The van der Waals surface area contributed by atoms with Gasteiger partial charge in [0.1, 0.15) is 5.76 Å². The summed E-state index contributed by atoms with van der Waals surface area (Å²) in [4.78, 5) is 17.5. The lowest BCUT2D eigenvalue weighted by Gasteiger charge is -2.24. The number of benzene rings is 2. The van der Waals surface area contributed by atoms with E-state index in [-0.39, 0.29) is 11.7 Å². The monoisotopic (exact) mass is 354 g/mol. The molecule has 2 N–H and O–H groups in total. The summed E-state index contributed by atoms with van der Waals surface area (Å²) in [7, 11) is 0. The molecule has 1 aliphatic rings. The second-order valence-electron chi connectivity index (χ2n) is 6.98. The Morgan fingerprint density at radius 3 is 2.41 bits per heavy atom. The first-order valence-corrected chi connectivity index (χ1v) is 9.06. The van der Waals surface area contributed by atoms with Gasteiger partial charge in [0, 0.05) is 12.0 Å². The van der Waals surface area contributed by atoms with Gasteiger partial charge < -0.3 is 10.2 Å². The maximum atomic E-state index is 12.9. The third kappa shape index (κ3) is 2.61. The fourth-order valence-electron chi connectivity index (χ4n) is 3.92. The van der Waals surface area contributed by atoms with Crippen LogP contribution in [0.5, 0.6) is 0 Å². The first-order chi connectivity index (χ1) is 13.2. The molecule has 0 saturated heterocycles. The first kappa shape index (κ1) is 15.8. The van der Waals surface area contributed by atoms with Crippen molar-refractivity contribution < 1.29 is 9.21 Å². The number of carbonyl (C=O) groups is 1. The number of nitrogens with zero attached hydrogens (tertiary/aromatic N) is 1. The Hall–Kier alpha value is -3.40. The minimum absolute atomic E-state index is 0.0551. The lowest BCUT2D eigenvalue weighted by Crippen LogP contribution is -2.21. The number of hydrogen-bond acceptors (Lipinski definition) is 4. The van der Waals surface area contributed by atoms with E-state index in [2.05, 4.69) is 17.1 Å². The molecule has 0 amide bonds. The number of fused-ring (bicyclic) bond motifs is 2. The molecule has 1 aliphatic carbocycles. The number of pyridine rings is 1. The first-order valence-electron chi connectivity index (χ1n) is 9.06. The molecule has 4 nitrogen and oxygen atoms in total. The normalized spacial score (nSPS) is 16.4. The highest BCUT2D eigenvalue weighted by atomic mass is 16.3. The zero-order valence-electron chi connectivity index (χ0n) is 14.7. The minimum Gasteiger partial charge on any atom is -0.438 e. The molecule has 0 aliphatic heterocycles. The van der Waals surface area contributed by atoms with Crippen LogP contribution in [0.4, 0.5) is 5.69 Å². The molecule has 27 heavy (non-hydrogen) atoms. The molecule has 0 fully saturated rings. The lowest BCUT2D eigenvalue weighted by atomic mass is 9.81. The number of carbonyl (C=O) groups excluding carboxylic acids is 1. The number of Topliss-reactive ketones (excluding diaryl/α,β-unsaturated/α-hetero) is 1. The van der Waals surface area contributed by atoms with Crippen molar-refractivity contribution in [3.8, 4) is 11.3 Å². The summed E-state index contributed by atoms with van der Waals surface area (Å²) >= 11 is 0. The molecule has 2 aromatic carbocycles. The molecule has 1 atom stereocenters. The SMILES string of the molecule is Nc1c2c(nc3oc(-c4ccccc4)cc13)C[C@@H](c1ccccc1)CC2=O. The van der Waals surface area contributed by atoms with Crippen molar-refractivity contribution in [2.45, 2.75) is 18.8 Å². The second-order valence-corrected chi connectivity index (χ2v) is 6.98. The zero-order valence-corrected chi connectivity index (χ0v) is 14.7. The molecular weight excluding hydrogens is 336 g/mol. The van der Waals surface area contributed by atoms with Crippen LogP contribution in [0.25, 0.3) is 22.4 Å². The molecule has 132 valence electrons. The summed E-state index contributed by atoms with van der Waals surface area (Å²) in [5.74, 6) is 0.887. The molecule has 0 unspecified atom stereocenters. The van der Waals surface area contributed by atoms with Crippen molar-refractivity contribution >= 4 is 22.6 Å². The van der Waals surface area contributed by atoms with E-state index < -0.39 is 0 Å².